The molecule has 152 valence electrons. The van der Waals surface area contributed by atoms with Crippen molar-refractivity contribution in [2.45, 2.75) is 6.42 Å². The average molecular weight is 392 g/mol. The molecule has 8 nitrogen and oxygen atoms in total. The molecule has 0 aliphatic rings. The van der Waals surface area contributed by atoms with Crippen LogP contribution in [-0.2, 0) is 28.5 Å². The maximum absolute atomic E-state index is 12.0. The van der Waals surface area contributed by atoms with Gasteiger partial charge >= 0.3 is 17.9 Å². The fourth-order valence-corrected chi connectivity index (χ4v) is 1.83. The number of rotatable bonds is 14. The molecule has 8 heteroatoms. The third kappa shape index (κ3) is 10.1. The zero-order valence-electron chi connectivity index (χ0n) is 15.6. The predicted molar refractivity (Wildman–Crippen MR) is 100.0 cm³/mol. The van der Waals surface area contributed by atoms with E-state index in [1.807, 2.05) is 0 Å². The highest BCUT2D eigenvalue weighted by molar-refractivity contribution is 5.89. The molecular formula is C20H24O8. The number of carbonyl (C=O) groups is 3. The average Bonchev–Trinajstić information content (AvgIpc) is 2.72. The van der Waals surface area contributed by atoms with Gasteiger partial charge in [-0.15, -0.1) is 0 Å². The summed E-state index contributed by atoms with van der Waals surface area (Å²) in [6.07, 6.45) is 2.67. The summed E-state index contributed by atoms with van der Waals surface area (Å²) in [5.41, 5.74) is 0.343. The Morgan fingerprint density at radius 1 is 0.821 bits per heavy atom. The van der Waals surface area contributed by atoms with E-state index >= 15 is 0 Å². The summed E-state index contributed by atoms with van der Waals surface area (Å²) >= 11 is 0. The van der Waals surface area contributed by atoms with Gasteiger partial charge in [0.2, 0.25) is 0 Å². The van der Waals surface area contributed by atoms with Crippen LogP contribution in [0.3, 0.4) is 0 Å². The normalized spacial score (nSPS) is 9.86. The summed E-state index contributed by atoms with van der Waals surface area (Å²) in [5, 5.41) is 0. The van der Waals surface area contributed by atoms with Crippen LogP contribution < -0.4 is 4.74 Å². The lowest BCUT2D eigenvalue weighted by Crippen LogP contribution is -2.14. The lowest BCUT2D eigenvalue weighted by Gasteiger charge is -2.09. The highest BCUT2D eigenvalue weighted by atomic mass is 16.6. The Bertz CT molecular complexity index is 668. The van der Waals surface area contributed by atoms with E-state index in [0.29, 0.717) is 24.3 Å². The van der Waals surface area contributed by atoms with E-state index in [9.17, 15) is 14.4 Å². The van der Waals surface area contributed by atoms with E-state index in [2.05, 4.69) is 13.2 Å². The Balaban J connectivity index is 2.22. The van der Waals surface area contributed by atoms with Gasteiger partial charge < -0.3 is 23.7 Å². The minimum Gasteiger partial charge on any atom is -0.493 e. The van der Waals surface area contributed by atoms with Gasteiger partial charge in [0.1, 0.15) is 19.0 Å². The summed E-state index contributed by atoms with van der Waals surface area (Å²) in [6.45, 7) is 7.67. The van der Waals surface area contributed by atoms with Gasteiger partial charge in [0.05, 0.1) is 32.0 Å². The Hall–Kier alpha value is -3.13. The first-order valence-corrected chi connectivity index (χ1v) is 8.63. The number of hydrogen-bond acceptors (Lipinski definition) is 8. The number of carbonyl (C=O) groups excluding carboxylic acids is 3. The van der Waals surface area contributed by atoms with Crippen molar-refractivity contribution in [3.63, 3.8) is 0 Å². The van der Waals surface area contributed by atoms with E-state index in [-0.39, 0.29) is 33.0 Å². The summed E-state index contributed by atoms with van der Waals surface area (Å²) < 4.78 is 25.4. The smallest absolute Gasteiger partial charge is 0.338 e. The van der Waals surface area contributed by atoms with Gasteiger partial charge in [-0.05, 0) is 18.2 Å². The van der Waals surface area contributed by atoms with Crippen molar-refractivity contribution < 1.29 is 38.1 Å². The van der Waals surface area contributed by atoms with E-state index in [1.54, 1.807) is 24.3 Å². The lowest BCUT2D eigenvalue weighted by atomic mass is 10.2. The monoisotopic (exact) mass is 392 g/mol. The lowest BCUT2D eigenvalue weighted by molar-refractivity contribution is -0.139. The van der Waals surface area contributed by atoms with E-state index < -0.39 is 17.9 Å². The first kappa shape index (κ1) is 22.9. The minimum atomic E-state index is -0.519. The van der Waals surface area contributed by atoms with Crippen molar-refractivity contribution in [2.75, 3.05) is 39.6 Å². The first-order valence-electron chi connectivity index (χ1n) is 8.63. The fraction of sp³-hybridized carbons (Fsp3) is 0.350. The maximum Gasteiger partial charge on any atom is 0.338 e. The van der Waals surface area contributed by atoms with Crippen molar-refractivity contribution in [2.24, 2.45) is 0 Å². The largest absolute Gasteiger partial charge is 0.493 e. The van der Waals surface area contributed by atoms with Gasteiger partial charge in [-0.3, -0.25) is 0 Å². The van der Waals surface area contributed by atoms with Crippen LogP contribution in [-0.4, -0.2) is 57.5 Å². The molecule has 0 aliphatic carbocycles. The molecule has 0 saturated heterocycles. The van der Waals surface area contributed by atoms with Crippen molar-refractivity contribution in [1.29, 1.82) is 0 Å². The molecule has 1 rings (SSSR count). The molecule has 1 aromatic carbocycles. The van der Waals surface area contributed by atoms with Crippen molar-refractivity contribution in [1.82, 2.24) is 0 Å². The second-order valence-corrected chi connectivity index (χ2v) is 5.22. The molecule has 0 saturated carbocycles. The third-order valence-corrected chi connectivity index (χ3v) is 3.14. The molecule has 0 amide bonds. The first-order chi connectivity index (χ1) is 13.6. The molecule has 0 heterocycles. The van der Waals surface area contributed by atoms with Crippen LogP contribution in [0.5, 0.6) is 5.75 Å². The van der Waals surface area contributed by atoms with Crippen LogP contribution >= 0.6 is 0 Å². The van der Waals surface area contributed by atoms with Gasteiger partial charge in [-0.2, -0.15) is 0 Å². The number of benzene rings is 1. The van der Waals surface area contributed by atoms with Crippen LogP contribution in [0.2, 0.25) is 0 Å². The maximum atomic E-state index is 12.0. The molecule has 0 atom stereocenters. The molecule has 0 N–H and O–H groups in total. The molecular weight excluding hydrogens is 368 g/mol. The Morgan fingerprint density at radius 3 is 2.14 bits per heavy atom. The molecule has 0 aromatic heterocycles. The molecule has 1 aromatic rings. The van der Waals surface area contributed by atoms with Crippen molar-refractivity contribution in [3.05, 3.63) is 55.1 Å². The molecule has 28 heavy (non-hydrogen) atoms. The van der Waals surface area contributed by atoms with E-state index in [0.717, 1.165) is 12.2 Å². The Labute approximate surface area is 163 Å². The van der Waals surface area contributed by atoms with Gasteiger partial charge in [-0.25, -0.2) is 14.4 Å². The van der Waals surface area contributed by atoms with Gasteiger partial charge in [0.15, 0.2) is 0 Å². The summed E-state index contributed by atoms with van der Waals surface area (Å²) in [7, 11) is 0. The minimum absolute atomic E-state index is 0.0635. The number of esters is 3. The Kier molecular flexibility index (Phi) is 11.4. The van der Waals surface area contributed by atoms with E-state index in [1.165, 1.54) is 0 Å². The van der Waals surface area contributed by atoms with Crippen molar-refractivity contribution >= 4 is 17.9 Å². The quantitative estimate of drug-likeness (QED) is 0.205. The third-order valence-electron chi connectivity index (χ3n) is 3.14. The molecule has 0 radical (unpaired) electrons. The zero-order valence-corrected chi connectivity index (χ0v) is 15.6. The van der Waals surface area contributed by atoms with Crippen molar-refractivity contribution in [3.8, 4) is 5.75 Å². The highest BCUT2D eigenvalue weighted by Gasteiger charge is 2.08. The zero-order chi connectivity index (χ0) is 20.6. The fourth-order valence-electron chi connectivity index (χ4n) is 1.83. The van der Waals surface area contributed by atoms with Gasteiger partial charge in [0, 0.05) is 18.6 Å². The summed E-state index contributed by atoms with van der Waals surface area (Å²) in [6, 6.07) is 6.55. The van der Waals surface area contributed by atoms with Crippen LogP contribution in [0.4, 0.5) is 0 Å². The predicted octanol–water partition coefficient (Wildman–Crippen LogP) is 2.09. The summed E-state index contributed by atoms with van der Waals surface area (Å²) in [5.74, 6) is -1.00. The molecule has 0 aliphatic heterocycles. The summed E-state index contributed by atoms with van der Waals surface area (Å²) in [4.78, 5) is 33.7. The molecule has 0 unspecified atom stereocenters. The second kappa shape index (κ2) is 14.0. The van der Waals surface area contributed by atoms with Gasteiger partial charge in [0.25, 0.3) is 0 Å². The molecule has 0 fully saturated rings. The topological polar surface area (TPSA) is 97.4 Å². The van der Waals surface area contributed by atoms with Crippen LogP contribution in [0.1, 0.15) is 16.8 Å². The highest BCUT2D eigenvalue weighted by Crippen LogP contribution is 2.14. The van der Waals surface area contributed by atoms with Crippen LogP contribution in [0.25, 0.3) is 0 Å². The second-order valence-electron chi connectivity index (χ2n) is 5.22. The Morgan fingerprint density at radius 2 is 1.46 bits per heavy atom. The SMILES string of the molecule is C=CC(=O)OCCCOc1cccc(C(=O)OCCOCCOC(=O)C=C)c1. The molecule has 0 spiro atoms. The van der Waals surface area contributed by atoms with Crippen LogP contribution in [0, 0.1) is 0 Å². The van der Waals surface area contributed by atoms with Gasteiger partial charge in [-0.1, -0.05) is 19.2 Å². The number of hydrogen-bond donors (Lipinski definition) is 0. The number of ether oxygens (including phenoxy) is 5. The van der Waals surface area contributed by atoms with Crippen LogP contribution in [0.15, 0.2) is 49.6 Å². The molecule has 0 bridgehead atoms. The standard InChI is InChI=1S/C20H24O8/c1-3-18(21)26-10-6-9-25-17-8-5-7-16(15-17)20(23)28-14-12-24-11-13-27-19(22)4-2/h3-5,7-8,15H,1-2,6,9-14H2. The van der Waals surface area contributed by atoms with E-state index in [4.69, 9.17) is 23.7 Å².